The molecule has 0 aliphatic rings. The molecule has 0 aliphatic heterocycles. The summed E-state index contributed by atoms with van der Waals surface area (Å²) in [5.74, 6) is 0.951. The Morgan fingerprint density at radius 1 is 0.710 bits per heavy atom. The van der Waals surface area contributed by atoms with Gasteiger partial charge >= 0.3 is 0 Å². The summed E-state index contributed by atoms with van der Waals surface area (Å²) in [7, 11) is 0. The van der Waals surface area contributed by atoms with E-state index in [9.17, 15) is 0 Å². The molecule has 4 nitrogen and oxygen atoms in total. The molecule has 31 heavy (non-hydrogen) atoms. The molecule has 160 valence electrons. The van der Waals surface area contributed by atoms with Crippen LogP contribution in [0.25, 0.3) is 0 Å². The topological polar surface area (TPSA) is 55.2 Å². The first-order chi connectivity index (χ1) is 15.1. The van der Waals surface area contributed by atoms with E-state index < -0.39 is 0 Å². The predicted molar refractivity (Wildman–Crippen MR) is 135 cm³/mol. The number of nitrogens with zero attached hydrogens (tertiary/aromatic N) is 2. The fraction of sp³-hybridized carbons (Fsp3) is 0.0833. The molecule has 0 unspecified atom stereocenters. The Balaban J connectivity index is 0.000000181. The monoisotopic (exact) mass is 606 g/mol. The van der Waals surface area contributed by atoms with Crippen LogP contribution in [0.4, 0.5) is 0 Å². The van der Waals surface area contributed by atoms with Crippen LogP contribution in [-0.2, 0) is 11.9 Å². The van der Waals surface area contributed by atoms with Crippen molar-refractivity contribution in [3.63, 3.8) is 0 Å². The normalized spacial score (nSPS) is 9.52. The Morgan fingerprint density at radius 2 is 1.26 bits per heavy atom. The second-order valence-electron chi connectivity index (χ2n) is 6.09. The van der Waals surface area contributed by atoms with Crippen molar-refractivity contribution < 1.29 is 9.84 Å². The molecule has 2 heterocycles. The lowest BCUT2D eigenvalue weighted by Crippen LogP contribution is -1.95. The van der Waals surface area contributed by atoms with Gasteiger partial charge in [-0.05, 0) is 55.1 Å². The van der Waals surface area contributed by atoms with Crippen LogP contribution in [0.3, 0.4) is 0 Å². The van der Waals surface area contributed by atoms with Crippen molar-refractivity contribution in [2.24, 2.45) is 0 Å². The largest absolute Gasteiger partial charge is 0.506 e. The maximum Gasteiger partial charge on any atom is 0.139 e. The van der Waals surface area contributed by atoms with E-state index in [0.717, 1.165) is 25.6 Å². The molecule has 0 bridgehead atoms. The van der Waals surface area contributed by atoms with Gasteiger partial charge in [0.2, 0.25) is 0 Å². The van der Waals surface area contributed by atoms with E-state index in [2.05, 4.69) is 69.9 Å². The van der Waals surface area contributed by atoms with Gasteiger partial charge < -0.3 is 9.84 Å². The molecule has 4 aromatic rings. The quantitative estimate of drug-likeness (QED) is 0.243. The van der Waals surface area contributed by atoms with Gasteiger partial charge in [-0.25, -0.2) is 0 Å². The summed E-state index contributed by atoms with van der Waals surface area (Å²) >= 11 is 9.84. The molecule has 0 amide bonds. The number of ether oxygens (including phenoxy) is 1. The molecule has 2 aromatic carbocycles. The molecule has 0 spiro atoms. The van der Waals surface area contributed by atoms with Crippen LogP contribution in [0, 0.1) is 0 Å². The first-order valence-corrected chi connectivity index (χ1v) is 11.9. The number of alkyl halides is 1. The minimum atomic E-state index is 0.180. The zero-order valence-electron chi connectivity index (χ0n) is 16.5. The van der Waals surface area contributed by atoms with Crippen molar-refractivity contribution in [3.05, 3.63) is 118 Å². The van der Waals surface area contributed by atoms with Crippen molar-refractivity contribution in [3.8, 4) is 11.5 Å². The minimum Gasteiger partial charge on any atom is -0.506 e. The summed E-state index contributed by atoms with van der Waals surface area (Å²) in [6.45, 7) is 0.568. The van der Waals surface area contributed by atoms with Gasteiger partial charge in [0.15, 0.2) is 0 Å². The number of hydrogen-bond donors (Lipinski definition) is 1. The predicted octanol–water partition coefficient (Wildman–Crippen LogP) is 7.55. The van der Waals surface area contributed by atoms with Gasteiger partial charge in [-0.15, -0.1) is 0 Å². The van der Waals surface area contributed by atoms with Crippen molar-refractivity contribution in [1.82, 2.24) is 9.97 Å². The van der Waals surface area contributed by atoms with E-state index >= 15 is 0 Å². The summed E-state index contributed by atoms with van der Waals surface area (Å²) in [5, 5.41) is 9.67. The summed E-state index contributed by atoms with van der Waals surface area (Å²) in [5.41, 5.74) is 2.48. The molecule has 0 aliphatic carbocycles. The molecule has 0 saturated carbocycles. The maximum atomic E-state index is 8.72. The van der Waals surface area contributed by atoms with Gasteiger partial charge in [-0.2, -0.15) is 0 Å². The van der Waals surface area contributed by atoms with Gasteiger partial charge in [0.1, 0.15) is 18.1 Å². The van der Waals surface area contributed by atoms with Gasteiger partial charge in [0.25, 0.3) is 0 Å². The van der Waals surface area contributed by atoms with E-state index in [1.165, 1.54) is 11.8 Å². The van der Waals surface area contributed by atoms with Gasteiger partial charge in [0, 0.05) is 26.7 Å². The number of aromatic hydroxyl groups is 1. The highest BCUT2D eigenvalue weighted by molar-refractivity contribution is 9.10. The van der Waals surface area contributed by atoms with Crippen LogP contribution >= 0.6 is 47.8 Å². The molecule has 0 atom stereocenters. The summed E-state index contributed by atoms with van der Waals surface area (Å²) in [6.07, 6.45) is 6.42. The first kappa shape index (κ1) is 25.0. The number of rotatable bonds is 4. The third-order valence-electron chi connectivity index (χ3n) is 3.62. The van der Waals surface area contributed by atoms with Gasteiger partial charge in [-0.1, -0.05) is 76.6 Å². The molecular weight excluding hydrogens is 588 g/mol. The Morgan fingerprint density at radius 3 is 1.71 bits per heavy atom. The minimum absolute atomic E-state index is 0.180. The second kappa shape index (κ2) is 14.7. The molecule has 0 radical (unpaired) electrons. The van der Waals surface area contributed by atoms with Crippen LogP contribution < -0.4 is 4.74 Å². The molecule has 4 rings (SSSR count). The van der Waals surface area contributed by atoms with Gasteiger partial charge in [0.05, 0.1) is 12.4 Å². The molecular formula is C24H21Br3N2O2. The van der Waals surface area contributed by atoms with E-state index in [-0.39, 0.29) is 5.75 Å². The number of halogens is 3. The molecule has 2 aromatic heterocycles. The van der Waals surface area contributed by atoms with Crippen molar-refractivity contribution in [1.29, 1.82) is 0 Å². The number of benzene rings is 2. The zero-order chi connectivity index (χ0) is 22.3. The van der Waals surface area contributed by atoms with Crippen molar-refractivity contribution in [2.75, 3.05) is 0 Å². The highest BCUT2D eigenvalue weighted by Gasteiger charge is 1.96. The van der Waals surface area contributed by atoms with Crippen LogP contribution in [0.1, 0.15) is 11.1 Å². The SMILES string of the molecule is BrCc1ccccc1.Brc1cncc(OCc2ccccc2)c1.Oc1cncc(Br)c1. The van der Waals surface area contributed by atoms with Crippen molar-refractivity contribution in [2.45, 2.75) is 11.9 Å². The third kappa shape index (κ3) is 11.1. The zero-order valence-corrected chi connectivity index (χ0v) is 21.3. The highest BCUT2D eigenvalue weighted by atomic mass is 79.9. The molecule has 0 fully saturated rings. The van der Waals surface area contributed by atoms with Crippen molar-refractivity contribution >= 4 is 47.8 Å². The Hall–Kier alpha value is -2.22. The standard InChI is InChI=1S/C12H10BrNO.C7H7Br.C5H4BrNO/c13-11-6-12(8-14-7-11)15-9-10-4-2-1-3-5-10;8-6-7-4-2-1-3-5-7;6-4-1-5(8)3-7-2-4/h1-8H,9H2;1-5H,6H2;1-3,8H. The maximum absolute atomic E-state index is 8.72. The lowest BCUT2D eigenvalue weighted by atomic mass is 10.2. The van der Waals surface area contributed by atoms with E-state index in [1.54, 1.807) is 24.7 Å². The smallest absolute Gasteiger partial charge is 0.139 e. The molecule has 1 N–H and O–H groups in total. The first-order valence-electron chi connectivity index (χ1n) is 9.23. The van der Waals surface area contributed by atoms with E-state index in [1.807, 2.05) is 54.6 Å². The molecule has 7 heteroatoms. The number of hydrogen-bond acceptors (Lipinski definition) is 4. The Kier molecular flexibility index (Phi) is 11.9. The lowest BCUT2D eigenvalue weighted by Gasteiger charge is -2.05. The Bertz CT molecular complexity index is 1000. The van der Waals surface area contributed by atoms with Gasteiger partial charge in [-0.3, -0.25) is 9.97 Å². The van der Waals surface area contributed by atoms with E-state index in [4.69, 9.17) is 9.84 Å². The number of pyridine rings is 2. The van der Waals surface area contributed by atoms with Crippen LogP contribution in [0.15, 0.2) is 107 Å². The fourth-order valence-corrected chi connectivity index (χ4v) is 3.25. The average molecular weight is 609 g/mol. The number of aromatic nitrogens is 2. The van der Waals surface area contributed by atoms with Crippen LogP contribution in [0.2, 0.25) is 0 Å². The summed E-state index contributed by atoms with van der Waals surface area (Å²) < 4.78 is 7.29. The third-order valence-corrected chi connectivity index (χ3v) is 5.13. The summed E-state index contributed by atoms with van der Waals surface area (Å²) in [4.78, 5) is 7.71. The Labute approximate surface area is 207 Å². The average Bonchev–Trinajstić information content (AvgIpc) is 2.80. The summed E-state index contributed by atoms with van der Waals surface area (Å²) in [6, 6.07) is 23.8. The molecule has 0 saturated heterocycles. The highest BCUT2D eigenvalue weighted by Crippen LogP contribution is 2.17. The van der Waals surface area contributed by atoms with Crippen LogP contribution in [0.5, 0.6) is 11.5 Å². The van der Waals surface area contributed by atoms with E-state index in [0.29, 0.717) is 6.61 Å². The fourth-order valence-electron chi connectivity index (χ4n) is 2.18. The lowest BCUT2D eigenvalue weighted by molar-refractivity contribution is 0.305. The van der Waals surface area contributed by atoms with Crippen LogP contribution in [-0.4, -0.2) is 15.1 Å². The second-order valence-corrected chi connectivity index (χ2v) is 8.49.